The molecule has 0 aliphatic rings. The highest BCUT2D eigenvalue weighted by molar-refractivity contribution is 5.47. The number of hydrogen-bond acceptors (Lipinski definition) is 2. The van der Waals surface area contributed by atoms with E-state index in [2.05, 4.69) is 36.2 Å². The van der Waals surface area contributed by atoms with E-state index in [4.69, 9.17) is 4.74 Å². The van der Waals surface area contributed by atoms with Crippen molar-refractivity contribution in [2.24, 2.45) is 0 Å². The van der Waals surface area contributed by atoms with Crippen LogP contribution in [-0.2, 0) is 6.42 Å². The number of methoxy groups -OCH3 is 1. The first-order chi connectivity index (χ1) is 9.81. The van der Waals surface area contributed by atoms with E-state index in [1.165, 1.54) is 5.56 Å². The van der Waals surface area contributed by atoms with E-state index in [9.17, 15) is 0 Å². The predicted molar refractivity (Wildman–Crippen MR) is 85.4 cm³/mol. The van der Waals surface area contributed by atoms with Crippen LogP contribution in [0.25, 0.3) is 0 Å². The van der Waals surface area contributed by atoms with E-state index in [1.807, 2.05) is 36.4 Å². The first kappa shape index (κ1) is 14.2. The molecular weight excluding hydrogens is 246 g/mol. The minimum atomic E-state index is 0.267. The molecule has 104 valence electrons. The van der Waals surface area contributed by atoms with Crippen molar-refractivity contribution in [3.8, 4) is 5.75 Å². The van der Waals surface area contributed by atoms with Gasteiger partial charge in [0.15, 0.2) is 0 Å². The SMILES string of the molecule is C=CC(CCc1ccccc1)Nc1ccc(OC)cc1. The van der Waals surface area contributed by atoms with Crippen LogP contribution >= 0.6 is 0 Å². The van der Waals surface area contributed by atoms with Crippen LogP contribution in [0.2, 0.25) is 0 Å². The summed E-state index contributed by atoms with van der Waals surface area (Å²) in [5, 5.41) is 3.48. The van der Waals surface area contributed by atoms with Gasteiger partial charge in [-0.15, -0.1) is 6.58 Å². The maximum absolute atomic E-state index is 5.16. The van der Waals surface area contributed by atoms with Crippen LogP contribution in [0.5, 0.6) is 5.75 Å². The lowest BCUT2D eigenvalue weighted by Crippen LogP contribution is -2.17. The number of anilines is 1. The molecule has 0 bridgehead atoms. The molecule has 20 heavy (non-hydrogen) atoms. The van der Waals surface area contributed by atoms with Gasteiger partial charge in [-0.05, 0) is 42.7 Å². The summed E-state index contributed by atoms with van der Waals surface area (Å²) in [6, 6.07) is 18.8. The molecule has 0 fully saturated rings. The van der Waals surface area contributed by atoms with Crippen molar-refractivity contribution < 1.29 is 4.74 Å². The quantitative estimate of drug-likeness (QED) is 0.755. The molecule has 1 atom stereocenters. The first-order valence-electron chi connectivity index (χ1n) is 6.89. The lowest BCUT2D eigenvalue weighted by Gasteiger charge is -2.16. The van der Waals surface area contributed by atoms with E-state index in [0.29, 0.717) is 0 Å². The Morgan fingerprint density at radius 1 is 1.10 bits per heavy atom. The Morgan fingerprint density at radius 2 is 1.80 bits per heavy atom. The highest BCUT2D eigenvalue weighted by atomic mass is 16.5. The van der Waals surface area contributed by atoms with Gasteiger partial charge in [0.25, 0.3) is 0 Å². The fourth-order valence-electron chi connectivity index (χ4n) is 2.12. The third kappa shape index (κ3) is 4.16. The monoisotopic (exact) mass is 267 g/mol. The lowest BCUT2D eigenvalue weighted by molar-refractivity contribution is 0.415. The van der Waals surface area contributed by atoms with E-state index in [-0.39, 0.29) is 6.04 Å². The second kappa shape index (κ2) is 7.39. The average molecular weight is 267 g/mol. The van der Waals surface area contributed by atoms with Gasteiger partial charge < -0.3 is 10.1 Å². The molecular formula is C18H21NO. The second-order valence-corrected chi connectivity index (χ2v) is 4.74. The summed E-state index contributed by atoms with van der Waals surface area (Å²) in [6.45, 7) is 3.92. The molecule has 0 aliphatic heterocycles. The summed E-state index contributed by atoms with van der Waals surface area (Å²) < 4.78 is 5.16. The van der Waals surface area contributed by atoms with Crippen LogP contribution in [0.4, 0.5) is 5.69 Å². The number of hydrogen-bond donors (Lipinski definition) is 1. The minimum Gasteiger partial charge on any atom is -0.497 e. The van der Waals surface area contributed by atoms with Crippen molar-refractivity contribution in [2.45, 2.75) is 18.9 Å². The molecule has 0 spiro atoms. The smallest absolute Gasteiger partial charge is 0.119 e. The number of aryl methyl sites for hydroxylation is 1. The molecule has 2 aromatic rings. The zero-order chi connectivity index (χ0) is 14.2. The molecule has 0 saturated carbocycles. The van der Waals surface area contributed by atoms with Crippen molar-refractivity contribution in [1.29, 1.82) is 0 Å². The maximum atomic E-state index is 5.16. The lowest BCUT2D eigenvalue weighted by atomic mass is 10.0. The number of ether oxygens (including phenoxy) is 1. The topological polar surface area (TPSA) is 21.3 Å². The average Bonchev–Trinajstić information content (AvgIpc) is 2.53. The zero-order valence-corrected chi connectivity index (χ0v) is 11.9. The van der Waals surface area contributed by atoms with Gasteiger partial charge in [-0.25, -0.2) is 0 Å². The Labute approximate surface area is 121 Å². The fraction of sp³-hybridized carbons (Fsp3) is 0.222. The van der Waals surface area contributed by atoms with Crippen LogP contribution in [0, 0.1) is 0 Å². The maximum Gasteiger partial charge on any atom is 0.119 e. The standard InChI is InChI=1S/C18H21NO/c1-3-16(10-9-15-7-5-4-6-8-15)19-17-11-13-18(20-2)14-12-17/h3-8,11-14,16,19H,1,9-10H2,2H3. The van der Waals surface area contributed by atoms with Crippen LogP contribution in [0.1, 0.15) is 12.0 Å². The molecule has 0 aliphatic carbocycles. The van der Waals surface area contributed by atoms with E-state index < -0.39 is 0 Å². The first-order valence-corrected chi connectivity index (χ1v) is 6.89. The van der Waals surface area contributed by atoms with Gasteiger partial charge in [0.1, 0.15) is 5.75 Å². The van der Waals surface area contributed by atoms with Crippen molar-refractivity contribution in [3.63, 3.8) is 0 Å². The van der Waals surface area contributed by atoms with Gasteiger partial charge in [0.2, 0.25) is 0 Å². The molecule has 1 unspecified atom stereocenters. The highest BCUT2D eigenvalue weighted by Gasteiger charge is 2.04. The summed E-state index contributed by atoms with van der Waals surface area (Å²) in [4.78, 5) is 0. The number of benzene rings is 2. The third-order valence-electron chi connectivity index (χ3n) is 3.31. The van der Waals surface area contributed by atoms with Crippen LogP contribution in [0.3, 0.4) is 0 Å². The van der Waals surface area contributed by atoms with Gasteiger partial charge in [0, 0.05) is 11.7 Å². The molecule has 0 aromatic heterocycles. The Balaban J connectivity index is 1.89. The van der Waals surface area contributed by atoms with E-state index in [0.717, 1.165) is 24.3 Å². The van der Waals surface area contributed by atoms with Crippen LogP contribution in [-0.4, -0.2) is 13.2 Å². The van der Waals surface area contributed by atoms with Crippen molar-refractivity contribution in [1.82, 2.24) is 0 Å². The summed E-state index contributed by atoms with van der Waals surface area (Å²) in [5.41, 5.74) is 2.44. The molecule has 0 radical (unpaired) electrons. The Morgan fingerprint density at radius 3 is 2.40 bits per heavy atom. The number of rotatable bonds is 7. The molecule has 2 nitrogen and oxygen atoms in total. The van der Waals surface area contributed by atoms with E-state index >= 15 is 0 Å². The third-order valence-corrected chi connectivity index (χ3v) is 3.31. The van der Waals surface area contributed by atoms with Gasteiger partial charge in [0.05, 0.1) is 7.11 Å². The molecule has 0 amide bonds. The van der Waals surface area contributed by atoms with Gasteiger partial charge >= 0.3 is 0 Å². The number of nitrogens with one attached hydrogen (secondary N) is 1. The van der Waals surface area contributed by atoms with Crippen LogP contribution in [0.15, 0.2) is 67.3 Å². The molecule has 1 N–H and O–H groups in total. The Bertz CT molecular complexity index is 519. The van der Waals surface area contributed by atoms with Gasteiger partial charge in [-0.1, -0.05) is 36.4 Å². The summed E-state index contributed by atoms with van der Waals surface area (Å²) in [5.74, 6) is 0.870. The largest absolute Gasteiger partial charge is 0.497 e. The van der Waals surface area contributed by atoms with Gasteiger partial charge in [-0.2, -0.15) is 0 Å². The normalized spacial score (nSPS) is 11.7. The summed E-state index contributed by atoms with van der Waals surface area (Å²) in [6.07, 6.45) is 4.04. The second-order valence-electron chi connectivity index (χ2n) is 4.74. The minimum absolute atomic E-state index is 0.267. The summed E-state index contributed by atoms with van der Waals surface area (Å²) in [7, 11) is 1.68. The van der Waals surface area contributed by atoms with Crippen molar-refractivity contribution in [3.05, 3.63) is 72.8 Å². The molecule has 0 heterocycles. The highest BCUT2D eigenvalue weighted by Crippen LogP contribution is 2.17. The Kier molecular flexibility index (Phi) is 5.24. The Hall–Kier alpha value is -2.22. The molecule has 2 rings (SSSR count). The van der Waals surface area contributed by atoms with Crippen LogP contribution < -0.4 is 10.1 Å². The fourth-order valence-corrected chi connectivity index (χ4v) is 2.12. The molecule has 2 heteroatoms. The van der Waals surface area contributed by atoms with E-state index in [1.54, 1.807) is 7.11 Å². The zero-order valence-electron chi connectivity index (χ0n) is 11.9. The molecule has 0 saturated heterocycles. The summed E-state index contributed by atoms with van der Waals surface area (Å²) >= 11 is 0. The predicted octanol–water partition coefficient (Wildman–Crippen LogP) is 4.29. The van der Waals surface area contributed by atoms with Crippen molar-refractivity contribution in [2.75, 3.05) is 12.4 Å². The molecule has 2 aromatic carbocycles. The van der Waals surface area contributed by atoms with Crippen molar-refractivity contribution >= 4 is 5.69 Å². The van der Waals surface area contributed by atoms with Gasteiger partial charge in [-0.3, -0.25) is 0 Å².